The molecule has 0 radical (unpaired) electrons. The Morgan fingerprint density at radius 2 is 1.46 bits per heavy atom. The molecule has 2 nitrogen and oxygen atoms in total. The minimum atomic E-state index is -0.213. The van der Waals surface area contributed by atoms with Gasteiger partial charge < -0.3 is 4.74 Å². The van der Waals surface area contributed by atoms with Gasteiger partial charge in [0, 0.05) is 5.56 Å². The van der Waals surface area contributed by atoms with Gasteiger partial charge in [0.05, 0.1) is 0 Å². The third-order valence-corrected chi connectivity index (χ3v) is 4.54. The Kier molecular flexibility index (Phi) is 7.30. The van der Waals surface area contributed by atoms with E-state index in [1.54, 1.807) is 0 Å². The minimum absolute atomic E-state index is 0. The monoisotopic (exact) mass is 335 g/mol. The van der Waals surface area contributed by atoms with Crippen LogP contribution in [0.3, 0.4) is 0 Å². The Bertz CT molecular complexity index is 692. The average Bonchev–Trinajstić information content (AvgIpc) is 2.38. The van der Waals surface area contributed by atoms with Gasteiger partial charge in [-0.25, -0.2) is 0 Å². The summed E-state index contributed by atoms with van der Waals surface area (Å²) in [5.41, 5.74) is 4.17. The molecule has 0 aliphatic heterocycles. The first-order valence-corrected chi connectivity index (χ1v) is 8.84. The van der Waals surface area contributed by atoms with Crippen LogP contribution >= 0.6 is 8.58 Å². The summed E-state index contributed by atoms with van der Waals surface area (Å²) in [4.78, 5) is 12.7. The van der Waals surface area contributed by atoms with E-state index >= 15 is 0 Å². The smallest absolute Gasteiger partial charge is 0.488 e. The first-order valence-electron chi connectivity index (χ1n) is 7.84. The zero-order valence-corrected chi connectivity index (χ0v) is 16.8. The number of carbonyl (C=O) groups is 1. The fourth-order valence-electron chi connectivity index (χ4n) is 2.69. The number of aryl methyl sites for hydroxylation is 3. The van der Waals surface area contributed by atoms with Crippen molar-refractivity contribution in [3.05, 3.63) is 58.7 Å². The molecule has 1 atom stereocenters. The zero-order valence-electron chi connectivity index (χ0n) is 15.8. The summed E-state index contributed by atoms with van der Waals surface area (Å²) >= 11 is 0. The van der Waals surface area contributed by atoms with Gasteiger partial charge >= 0.3 is 18.9 Å². The molecule has 0 amide bonds. The van der Waals surface area contributed by atoms with Gasteiger partial charge in [-0.05, 0) is 78.7 Å². The Hall–Kier alpha value is -1.06. The number of hydrogen-bond donors (Lipinski definition) is 0. The van der Waals surface area contributed by atoms with Gasteiger partial charge in [-0.1, -0.05) is 29.8 Å². The Labute approximate surface area is 159 Å². The molecule has 0 saturated carbocycles. The number of carbonyl (C=O) groups excluding carboxylic acids is 1. The normalized spacial score (nSPS) is 11.4. The van der Waals surface area contributed by atoms with Crippen molar-refractivity contribution >= 4 is 19.4 Å². The number of hydrogen-bond acceptors (Lipinski definition) is 2. The fraction of sp³-hybridized carbons (Fsp3) is 0.350. The summed E-state index contributed by atoms with van der Waals surface area (Å²) in [6.07, 6.45) is 0. The van der Waals surface area contributed by atoms with Crippen molar-refractivity contribution in [2.75, 3.05) is 0 Å². The van der Waals surface area contributed by atoms with Crippen LogP contribution < -0.4 is 28.9 Å². The standard InChI is InChI=1S/C20H25O2P.Li/c1-13-11-14(2)18(15(3)12-13)19(21)23-17-9-7-16(8-10-17)22-20(4,5)6;/h7-12,23H,1-6H3;/q;+1. The van der Waals surface area contributed by atoms with Crippen LogP contribution in [0.1, 0.15) is 47.8 Å². The van der Waals surface area contributed by atoms with Gasteiger partial charge in [0.1, 0.15) is 11.4 Å². The average molecular weight is 335 g/mol. The van der Waals surface area contributed by atoms with Gasteiger partial charge in [0.2, 0.25) is 0 Å². The van der Waals surface area contributed by atoms with E-state index in [1.165, 1.54) is 5.56 Å². The summed E-state index contributed by atoms with van der Waals surface area (Å²) in [6.45, 7) is 12.2. The van der Waals surface area contributed by atoms with Crippen molar-refractivity contribution in [1.82, 2.24) is 0 Å². The Morgan fingerprint density at radius 1 is 0.958 bits per heavy atom. The van der Waals surface area contributed by atoms with Gasteiger partial charge in [-0.15, -0.1) is 0 Å². The van der Waals surface area contributed by atoms with Gasteiger partial charge in [0.25, 0.3) is 0 Å². The van der Waals surface area contributed by atoms with Crippen molar-refractivity contribution < 1.29 is 28.4 Å². The summed E-state index contributed by atoms with van der Waals surface area (Å²) in [5.74, 6) is 0.834. The quantitative estimate of drug-likeness (QED) is 0.631. The van der Waals surface area contributed by atoms with Crippen LogP contribution in [0.5, 0.6) is 5.75 Å². The van der Waals surface area contributed by atoms with Crippen LogP contribution in [0, 0.1) is 20.8 Å². The Morgan fingerprint density at radius 3 is 1.92 bits per heavy atom. The number of benzene rings is 2. The van der Waals surface area contributed by atoms with E-state index in [2.05, 4.69) is 19.1 Å². The first kappa shape index (κ1) is 21.0. The summed E-state index contributed by atoms with van der Waals surface area (Å²) in [7, 11) is 0.135. The summed E-state index contributed by atoms with van der Waals surface area (Å²) < 4.78 is 5.82. The molecule has 0 N–H and O–H groups in total. The van der Waals surface area contributed by atoms with Crippen molar-refractivity contribution in [1.29, 1.82) is 0 Å². The number of rotatable bonds is 4. The molecule has 0 spiro atoms. The van der Waals surface area contributed by atoms with E-state index in [0.29, 0.717) is 0 Å². The van der Waals surface area contributed by atoms with Crippen molar-refractivity contribution in [3.8, 4) is 5.75 Å². The topological polar surface area (TPSA) is 26.3 Å². The molecule has 0 bridgehead atoms. The summed E-state index contributed by atoms with van der Waals surface area (Å²) in [5, 5.41) is 1.04. The second kappa shape index (κ2) is 8.35. The second-order valence-corrected chi connectivity index (χ2v) is 8.25. The van der Waals surface area contributed by atoms with Gasteiger partial charge in [-0.3, -0.25) is 4.79 Å². The van der Waals surface area contributed by atoms with E-state index in [9.17, 15) is 4.79 Å². The maximum Gasteiger partial charge on any atom is 1.00 e. The van der Waals surface area contributed by atoms with Crippen LogP contribution in [0.4, 0.5) is 0 Å². The molecule has 2 rings (SSSR count). The molecule has 4 heteroatoms. The molecule has 0 aromatic heterocycles. The first-order chi connectivity index (χ1) is 10.7. The SMILES string of the molecule is Cc1cc(C)c(C(=O)Pc2ccc(OC(C)(C)C)cc2)c(C)c1.[Li+]. The third-order valence-electron chi connectivity index (χ3n) is 3.44. The van der Waals surface area contributed by atoms with E-state index in [-0.39, 0.29) is 38.6 Å². The van der Waals surface area contributed by atoms with Gasteiger partial charge in [0.15, 0.2) is 5.52 Å². The van der Waals surface area contributed by atoms with Crippen LogP contribution in [0.15, 0.2) is 36.4 Å². The predicted molar refractivity (Wildman–Crippen MR) is 99.8 cm³/mol. The molecule has 0 saturated heterocycles. The van der Waals surface area contributed by atoms with Crippen molar-refractivity contribution in [2.45, 2.75) is 47.1 Å². The molecular formula is C20H25LiO2P+. The predicted octanol–water partition coefficient (Wildman–Crippen LogP) is 1.94. The molecule has 0 aliphatic rings. The van der Waals surface area contributed by atoms with Crippen molar-refractivity contribution in [2.24, 2.45) is 0 Å². The number of ether oxygens (including phenoxy) is 1. The molecule has 0 fully saturated rings. The molecule has 2 aromatic carbocycles. The van der Waals surface area contributed by atoms with Crippen LogP contribution in [-0.2, 0) is 0 Å². The van der Waals surface area contributed by atoms with E-state index in [1.807, 2.05) is 58.9 Å². The molecule has 0 heterocycles. The van der Waals surface area contributed by atoms with E-state index < -0.39 is 0 Å². The van der Waals surface area contributed by atoms with E-state index in [0.717, 1.165) is 27.7 Å². The van der Waals surface area contributed by atoms with Crippen LogP contribution in [-0.4, -0.2) is 11.1 Å². The minimum Gasteiger partial charge on any atom is -0.488 e. The van der Waals surface area contributed by atoms with Crippen molar-refractivity contribution in [3.63, 3.8) is 0 Å². The van der Waals surface area contributed by atoms with Crippen LogP contribution in [0.2, 0.25) is 0 Å². The molecule has 2 aromatic rings. The third kappa shape index (κ3) is 5.78. The second-order valence-electron chi connectivity index (χ2n) is 6.97. The molecule has 0 aliphatic carbocycles. The van der Waals surface area contributed by atoms with Crippen LogP contribution in [0.25, 0.3) is 0 Å². The molecular weight excluding hydrogens is 310 g/mol. The fourth-order valence-corrected chi connectivity index (χ4v) is 3.81. The van der Waals surface area contributed by atoms with Gasteiger partial charge in [-0.2, -0.15) is 0 Å². The molecule has 1 unspecified atom stereocenters. The van der Waals surface area contributed by atoms with E-state index in [4.69, 9.17) is 4.74 Å². The maximum atomic E-state index is 12.7. The molecule has 24 heavy (non-hydrogen) atoms. The summed E-state index contributed by atoms with van der Waals surface area (Å²) in [6, 6.07) is 12.0. The molecule has 122 valence electrons. The Balaban J connectivity index is 0.00000288. The largest absolute Gasteiger partial charge is 1.00 e. The zero-order chi connectivity index (χ0) is 17.2. The maximum absolute atomic E-state index is 12.7.